The zero-order valence-corrected chi connectivity index (χ0v) is 8.94. The van der Waals surface area contributed by atoms with Gasteiger partial charge in [-0.25, -0.2) is 0 Å². The molecule has 0 saturated heterocycles. The van der Waals surface area contributed by atoms with E-state index in [1.54, 1.807) is 20.8 Å². The molecule has 1 heterocycles. The summed E-state index contributed by atoms with van der Waals surface area (Å²) in [6, 6.07) is 0. The molecule has 1 aliphatic heterocycles. The Morgan fingerprint density at radius 3 is 2.50 bits per heavy atom. The van der Waals surface area contributed by atoms with Gasteiger partial charge in [0.15, 0.2) is 11.5 Å². The Kier molecular flexibility index (Phi) is 2.56. The molecule has 0 fully saturated rings. The average molecular weight is 200 g/mol. The number of hydrogen-bond acceptors (Lipinski definition) is 4. The van der Waals surface area contributed by atoms with E-state index in [2.05, 4.69) is 6.58 Å². The zero-order chi connectivity index (χ0) is 11.1. The van der Waals surface area contributed by atoms with Gasteiger partial charge in [0.2, 0.25) is 0 Å². The van der Waals surface area contributed by atoms with Crippen LogP contribution in [0.1, 0.15) is 20.8 Å². The lowest BCUT2D eigenvalue weighted by Crippen LogP contribution is -2.46. The van der Waals surface area contributed by atoms with Gasteiger partial charge >= 0.3 is 0 Å². The van der Waals surface area contributed by atoms with Gasteiger partial charge in [-0.05, 0) is 13.8 Å². The smallest absolute Gasteiger partial charge is 0.299 e. The molecule has 5 nitrogen and oxygen atoms in total. The second-order valence-corrected chi connectivity index (χ2v) is 3.86. The minimum Gasteiger partial charge on any atom is -0.622 e. The topological polar surface area (TPSA) is 58.8 Å². The van der Waals surface area contributed by atoms with Crippen molar-refractivity contribution >= 4 is 5.71 Å². The van der Waals surface area contributed by atoms with Crippen LogP contribution >= 0.6 is 0 Å². The van der Waals surface area contributed by atoms with Gasteiger partial charge in [0.05, 0.1) is 7.11 Å². The largest absolute Gasteiger partial charge is 0.622 e. The van der Waals surface area contributed by atoms with E-state index in [4.69, 9.17) is 4.74 Å². The lowest BCUT2D eigenvalue weighted by atomic mass is 10.0. The molecule has 1 atom stereocenters. The standard InChI is InChI=1S/C9H16N2O3/c1-6(14-5)8-10(12)7(2)9(3,4)11(8)13/h8,13H,1H2,2-5H3. The summed E-state index contributed by atoms with van der Waals surface area (Å²) in [5.74, 6) is 0.229. The fourth-order valence-electron chi connectivity index (χ4n) is 1.40. The summed E-state index contributed by atoms with van der Waals surface area (Å²) in [6.45, 7) is 8.78. The van der Waals surface area contributed by atoms with Crippen molar-refractivity contribution < 1.29 is 14.7 Å². The van der Waals surface area contributed by atoms with Gasteiger partial charge in [0, 0.05) is 6.92 Å². The molecule has 80 valence electrons. The Balaban J connectivity index is 3.09. The minimum absolute atomic E-state index is 0.229. The maximum atomic E-state index is 11.7. The first-order valence-corrected chi connectivity index (χ1v) is 4.35. The Morgan fingerprint density at radius 1 is 1.71 bits per heavy atom. The third kappa shape index (κ3) is 1.29. The van der Waals surface area contributed by atoms with Crippen LogP contribution in [0.25, 0.3) is 0 Å². The van der Waals surface area contributed by atoms with Gasteiger partial charge in [-0.1, -0.05) is 6.58 Å². The molecule has 0 aromatic heterocycles. The molecule has 0 radical (unpaired) electrons. The number of hydrogen-bond donors (Lipinski definition) is 1. The van der Waals surface area contributed by atoms with Crippen molar-refractivity contribution in [2.75, 3.05) is 7.11 Å². The van der Waals surface area contributed by atoms with E-state index in [1.807, 2.05) is 0 Å². The van der Waals surface area contributed by atoms with Crippen molar-refractivity contribution in [2.24, 2.45) is 0 Å². The summed E-state index contributed by atoms with van der Waals surface area (Å²) >= 11 is 0. The highest BCUT2D eigenvalue weighted by atomic mass is 16.6. The molecule has 0 aromatic rings. The predicted molar refractivity (Wildman–Crippen MR) is 51.9 cm³/mol. The molecule has 14 heavy (non-hydrogen) atoms. The van der Waals surface area contributed by atoms with Crippen molar-refractivity contribution in [3.8, 4) is 0 Å². The van der Waals surface area contributed by atoms with E-state index in [-0.39, 0.29) is 5.76 Å². The molecule has 1 unspecified atom stereocenters. The first-order chi connectivity index (χ1) is 6.34. The van der Waals surface area contributed by atoms with Crippen LogP contribution < -0.4 is 0 Å². The number of methoxy groups -OCH3 is 1. The molecule has 1 rings (SSSR count). The van der Waals surface area contributed by atoms with Crippen LogP contribution in [0.2, 0.25) is 0 Å². The molecule has 0 aliphatic carbocycles. The van der Waals surface area contributed by atoms with E-state index in [0.717, 1.165) is 5.06 Å². The second kappa shape index (κ2) is 3.25. The molecule has 0 bridgehead atoms. The highest BCUT2D eigenvalue weighted by molar-refractivity contribution is 5.87. The monoisotopic (exact) mass is 200 g/mol. The molecule has 0 amide bonds. The fraction of sp³-hybridized carbons (Fsp3) is 0.667. The minimum atomic E-state index is -0.852. The Hall–Kier alpha value is -1.07. The number of ether oxygens (including phenoxy) is 1. The van der Waals surface area contributed by atoms with Crippen molar-refractivity contribution in [3.63, 3.8) is 0 Å². The first kappa shape index (κ1) is 11.0. The summed E-state index contributed by atoms with van der Waals surface area (Å²) in [7, 11) is 1.42. The number of rotatable bonds is 2. The molecule has 0 saturated carbocycles. The van der Waals surface area contributed by atoms with Crippen LogP contribution in [0.15, 0.2) is 12.3 Å². The average Bonchev–Trinajstić information content (AvgIpc) is 2.28. The molecule has 1 N–H and O–H groups in total. The van der Waals surface area contributed by atoms with Gasteiger partial charge in [0.1, 0.15) is 5.54 Å². The zero-order valence-electron chi connectivity index (χ0n) is 8.94. The Bertz CT molecular complexity index is 296. The van der Waals surface area contributed by atoms with E-state index >= 15 is 0 Å². The van der Waals surface area contributed by atoms with Gasteiger partial charge in [-0.2, -0.15) is 4.74 Å². The molecular formula is C9H16N2O3. The maximum absolute atomic E-state index is 11.7. The van der Waals surface area contributed by atoms with Crippen LogP contribution in [0.5, 0.6) is 0 Å². The third-order valence-electron chi connectivity index (χ3n) is 2.79. The summed E-state index contributed by atoms with van der Waals surface area (Å²) in [5, 5.41) is 22.4. The first-order valence-electron chi connectivity index (χ1n) is 4.35. The number of hydroxylamine groups is 3. The van der Waals surface area contributed by atoms with Crippen molar-refractivity contribution in [1.82, 2.24) is 5.06 Å². The summed E-state index contributed by atoms with van der Waals surface area (Å²) in [4.78, 5) is 0. The van der Waals surface area contributed by atoms with E-state index in [1.165, 1.54) is 7.11 Å². The summed E-state index contributed by atoms with van der Waals surface area (Å²) in [6.07, 6.45) is -0.852. The summed E-state index contributed by atoms with van der Waals surface area (Å²) in [5.41, 5.74) is -0.156. The van der Waals surface area contributed by atoms with Gasteiger partial charge in [0.25, 0.3) is 6.17 Å². The molecule has 5 heteroatoms. The van der Waals surface area contributed by atoms with Crippen LogP contribution in [-0.4, -0.2) is 39.5 Å². The second-order valence-electron chi connectivity index (χ2n) is 3.86. The molecule has 0 spiro atoms. The maximum Gasteiger partial charge on any atom is 0.299 e. The van der Waals surface area contributed by atoms with Crippen LogP contribution in [0.4, 0.5) is 0 Å². The van der Waals surface area contributed by atoms with Crippen LogP contribution in [0.3, 0.4) is 0 Å². The molecule has 1 aliphatic rings. The fourth-order valence-corrected chi connectivity index (χ4v) is 1.40. The SMILES string of the molecule is C=C(OC)C1N(O)C(C)(C)C(C)=[N+]1[O-]. The van der Waals surface area contributed by atoms with Crippen molar-refractivity contribution in [1.29, 1.82) is 0 Å². The Labute approximate surface area is 83.4 Å². The molecule has 0 aromatic carbocycles. The number of nitrogens with zero attached hydrogens (tertiary/aromatic N) is 2. The molecular weight excluding hydrogens is 184 g/mol. The lowest BCUT2D eigenvalue weighted by Gasteiger charge is -2.25. The lowest BCUT2D eigenvalue weighted by molar-refractivity contribution is -0.530. The highest BCUT2D eigenvalue weighted by Gasteiger charge is 2.51. The van der Waals surface area contributed by atoms with E-state index < -0.39 is 11.7 Å². The van der Waals surface area contributed by atoms with Crippen LogP contribution in [0, 0.1) is 5.21 Å². The van der Waals surface area contributed by atoms with Gasteiger partial charge < -0.3 is 15.2 Å². The quantitative estimate of drug-likeness (QED) is 0.409. The summed E-state index contributed by atoms with van der Waals surface area (Å²) < 4.78 is 5.58. The highest BCUT2D eigenvalue weighted by Crippen LogP contribution is 2.27. The van der Waals surface area contributed by atoms with Gasteiger partial charge in [-0.15, -0.1) is 5.06 Å². The Morgan fingerprint density at radius 2 is 2.21 bits per heavy atom. The predicted octanol–water partition coefficient (Wildman–Crippen LogP) is 0.927. The third-order valence-corrected chi connectivity index (χ3v) is 2.79. The van der Waals surface area contributed by atoms with Crippen molar-refractivity contribution in [2.45, 2.75) is 32.5 Å². The van der Waals surface area contributed by atoms with Gasteiger partial charge in [-0.3, -0.25) is 0 Å². The normalized spacial score (nSPS) is 26.8. The van der Waals surface area contributed by atoms with E-state index in [0.29, 0.717) is 10.5 Å². The van der Waals surface area contributed by atoms with Crippen molar-refractivity contribution in [3.05, 3.63) is 17.5 Å². The van der Waals surface area contributed by atoms with E-state index in [9.17, 15) is 10.4 Å². The van der Waals surface area contributed by atoms with Crippen LogP contribution in [-0.2, 0) is 4.74 Å².